The van der Waals surface area contributed by atoms with Gasteiger partial charge in [0.05, 0.1) is 18.3 Å². The van der Waals surface area contributed by atoms with E-state index in [-0.39, 0.29) is 12.5 Å². The highest BCUT2D eigenvalue weighted by Crippen LogP contribution is 2.41. The highest BCUT2D eigenvalue weighted by Gasteiger charge is 2.43. The van der Waals surface area contributed by atoms with E-state index in [1.165, 1.54) is 0 Å². The van der Waals surface area contributed by atoms with Crippen molar-refractivity contribution in [3.8, 4) is 16.9 Å². The summed E-state index contributed by atoms with van der Waals surface area (Å²) in [6.07, 6.45) is 0.379. The Morgan fingerprint density at radius 2 is 1.85 bits per heavy atom. The quantitative estimate of drug-likeness (QED) is 0.355. The molecule has 210 valence electrons. The Morgan fingerprint density at radius 3 is 2.55 bits per heavy atom. The zero-order valence-electron chi connectivity index (χ0n) is 22.3. The summed E-state index contributed by atoms with van der Waals surface area (Å²) in [5.74, 6) is 1.29. The van der Waals surface area contributed by atoms with Crippen LogP contribution in [0.1, 0.15) is 18.7 Å². The Kier molecular flexibility index (Phi) is 7.44. The average molecular weight is 547 g/mol. The fraction of sp³-hybridized carbons (Fsp3) is 0.379. The Balaban J connectivity index is 1.16. The second kappa shape index (κ2) is 11.3. The highest BCUT2D eigenvalue weighted by atomic mass is 16.6. The molecule has 0 unspecified atom stereocenters. The largest absolute Gasteiger partial charge is 0.484 e. The lowest BCUT2D eigenvalue weighted by atomic mass is 10.0. The number of nitrogens with one attached hydrogen (secondary N) is 2. The first-order valence-electron chi connectivity index (χ1n) is 13.6. The molecule has 11 nitrogen and oxygen atoms in total. The molecule has 4 N–H and O–H groups in total. The van der Waals surface area contributed by atoms with Crippen LogP contribution in [0.4, 0.5) is 11.5 Å². The summed E-state index contributed by atoms with van der Waals surface area (Å²) in [5.41, 5.74) is 7.16. The van der Waals surface area contributed by atoms with Crippen molar-refractivity contribution >= 4 is 23.8 Å². The molecular formula is C29H34N6O5. The summed E-state index contributed by atoms with van der Waals surface area (Å²) in [7, 11) is 0. The topological polar surface area (TPSA) is 124 Å². The lowest BCUT2D eigenvalue weighted by Gasteiger charge is -2.27. The summed E-state index contributed by atoms with van der Waals surface area (Å²) in [5, 5.41) is 26.1. The van der Waals surface area contributed by atoms with Gasteiger partial charge in [-0.1, -0.05) is 30.3 Å². The predicted octanol–water partition coefficient (Wildman–Crippen LogP) is 2.11. The molecule has 3 aromatic rings. The van der Waals surface area contributed by atoms with Crippen LogP contribution in [0.2, 0.25) is 0 Å². The SMILES string of the molecule is C[C@H]1O[C@@H](n2cc(-c3ccccc3)c3c2N=CN(Nc2ccc(OCC(=O)N4CCNCC4)cc2)C3)[C@H](O)[C@@H]1O. The molecule has 0 aliphatic carbocycles. The first-order chi connectivity index (χ1) is 19.5. The third-order valence-corrected chi connectivity index (χ3v) is 7.55. The Hall–Kier alpha value is -3.90. The van der Waals surface area contributed by atoms with Gasteiger partial charge < -0.3 is 34.5 Å². The number of hydrogen-bond donors (Lipinski definition) is 4. The monoisotopic (exact) mass is 546 g/mol. The second-order valence-corrected chi connectivity index (χ2v) is 10.3. The van der Waals surface area contributed by atoms with Crippen molar-refractivity contribution in [2.24, 2.45) is 4.99 Å². The van der Waals surface area contributed by atoms with E-state index < -0.39 is 24.5 Å². The van der Waals surface area contributed by atoms with E-state index in [4.69, 9.17) is 14.5 Å². The Bertz CT molecular complexity index is 1360. The highest BCUT2D eigenvalue weighted by molar-refractivity contribution is 5.78. The molecule has 4 atom stereocenters. The first-order valence-corrected chi connectivity index (χ1v) is 13.6. The van der Waals surface area contributed by atoms with Crippen LogP contribution in [0.3, 0.4) is 0 Å². The minimum atomic E-state index is -1.06. The number of hydrogen-bond acceptors (Lipinski definition) is 9. The van der Waals surface area contributed by atoms with Crippen LogP contribution in [0.15, 0.2) is 65.8 Å². The van der Waals surface area contributed by atoms with Gasteiger partial charge in [-0.15, -0.1) is 0 Å². The number of amides is 1. The first kappa shape index (κ1) is 26.3. The number of aliphatic hydroxyl groups is 2. The molecule has 6 rings (SSSR count). The third kappa shape index (κ3) is 5.28. The average Bonchev–Trinajstić information content (AvgIpc) is 3.49. The van der Waals surface area contributed by atoms with Gasteiger partial charge in [0.1, 0.15) is 30.1 Å². The van der Waals surface area contributed by atoms with Gasteiger partial charge >= 0.3 is 0 Å². The summed E-state index contributed by atoms with van der Waals surface area (Å²) < 4.78 is 13.4. The van der Waals surface area contributed by atoms with Gasteiger partial charge in [0.25, 0.3) is 5.91 Å². The molecule has 3 aliphatic heterocycles. The number of aliphatic imine (C=N–C) groups is 1. The molecule has 1 aromatic heterocycles. The van der Waals surface area contributed by atoms with E-state index in [9.17, 15) is 15.0 Å². The second-order valence-electron chi connectivity index (χ2n) is 10.3. The van der Waals surface area contributed by atoms with Crippen LogP contribution >= 0.6 is 0 Å². The van der Waals surface area contributed by atoms with E-state index in [2.05, 4.69) is 10.7 Å². The minimum absolute atomic E-state index is 0.00955. The standard InChI is InChI=1S/C29H34N6O5/c1-19-26(37)27(38)29(40-19)35-16-23(20-5-3-2-4-6-20)24-15-34(18-31-28(24)35)32-21-7-9-22(10-8-21)39-17-25(36)33-13-11-30-12-14-33/h2-10,16,18-19,26-27,29-30,32,37-38H,11-15,17H2,1H3/t19-,26-,27-,29-/m1/s1. The molecule has 4 heterocycles. The molecule has 0 radical (unpaired) electrons. The van der Waals surface area contributed by atoms with Gasteiger partial charge in [-0.2, -0.15) is 0 Å². The molecule has 11 heteroatoms. The number of aromatic nitrogens is 1. The molecule has 2 saturated heterocycles. The number of aliphatic hydroxyl groups excluding tert-OH is 2. The van der Waals surface area contributed by atoms with Gasteiger partial charge in [0.2, 0.25) is 0 Å². The molecule has 0 spiro atoms. The fourth-order valence-electron chi connectivity index (χ4n) is 5.32. The van der Waals surface area contributed by atoms with Crippen molar-refractivity contribution in [1.82, 2.24) is 19.8 Å². The molecule has 1 amide bonds. The molecule has 0 saturated carbocycles. The predicted molar refractivity (Wildman–Crippen MR) is 150 cm³/mol. The summed E-state index contributed by atoms with van der Waals surface area (Å²) in [6.45, 7) is 5.30. The Labute approximate surface area is 232 Å². The molecule has 0 bridgehead atoms. The van der Waals surface area contributed by atoms with Gasteiger partial charge in [-0.25, -0.2) is 4.99 Å². The molecule has 2 aromatic carbocycles. The number of carbonyl (C=O) groups excluding carboxylic acids is 1. The number of anilines is 1. The normalized spacial score (nSPS) is 24.2. The van der Waals surface area contributed by atoms with Gasteiger partial charge in [0.15, 0.2) is 12.8 Å². The number of piperazine rings is 1. The van der Waals surface area contributed by atoms with Crippen LogP contribution in [-0.4, -0.2) is 88.0 Å². The van der Waals surface area contributed by atoms with E-state index >= 15 is 0 Å². The number of fused-ring (bicyclic) bond motifs is 1. The lowest BCUT2D eigenvalue weighted by Crippen LogP contribution is -2.47. The summed E-state index contributed by atoms with van der Waals surface area (Å²) >= 11 is 0. The number of carbonyl (C=O) groups is 1. The number of nitrogens with zero attached hydrogens (tertiary/aromatic N) is 4. The van der Waals surface area contributed by atoms with Crippen molar-refractivity contribution in [3.63, 3.8) is 0 Å². The van der Waals surface area contributed by atoms with E-state index in [1.807, 2.05) is 75.3 Å². The van der Waals surface area contributed by atoms with Crippen molar-refractivity contribution < 1.29 is 24.5 Å². The van der Waals surface area contributed by atoms with Crippen molar-refractivity contribution in [3.05, 3.63) is 66.4 Å². The smallest absolute Gasteiger partial charge is 0.260 e. The molecule has 2 fully saturated rings. The Morgan fingerprint density at radius 1 is 1.10 bits per heavy atom. The van der Waals surface area contributed by atoms with Crippen LogP contribution in [0.5, 0.6) is 5.75 Å². The van der Waals surface area contributed by atoms with Crippen LogP contribution in [0.25, 0.3) is 11.1 Å². The van der Waals surface area contributed by atoms with Crippen LogP contribution in [0, 0.1) is 0 Å². The van der Waals surface area contributed by atoms with E-state index in [0.29, 0.717) is 31.2 Å². The van der Waals surface area contributed by atoms with Crippen LogP contribution < -0.4 is 15.5 Å². The third-order valence-electron chi connectivity index (χ3n) is 7.55. The summed E-state index contributed by atoms with van der Waals surface area (Å²) in [6, 6.07) is 17.4. The van der Waals surface area contributed by atoms with E-state index in [0.717, 1.165) is 35.5 Å². The molecule has 3 aliphatic rings. The van der Waals surface area contributed by atoms with Gasteiger partial charge in [0, 0.05) is 43.5 Å². The maximum Gasteiger partial charge on any atom is 0.260 e. The van der Waals surface area contributed by atoms with Crippen molar-refractivity contribution in [2.75, 3.05) is 38.2 Å². The van der Waals surface area contributed by atoms with Gasteiger partial charge in [-0.05, 0) is 36.8 Å². The number of hydrazine groups is 1. The lowest BCUT2D eigenvalue weighted by molar-refractivity contribution is -0.133. The molecular weight excluding hydrogens is 512 g/mol. The maximum absolute atomic E-state index is 12.4. The summed E-state index contributed by atoms with van der Waals surface area (Å²) in [4.78, 5) is 18.9. The zero-order chi connectivity index (χ0) is 27.6. The molecule has 40 heavy (non-hydrogen) atoms. The van der Waals surface area contributed by atoms with Crippen LogP contribution in [-0.2, 0) is 16.1 Å². The fourth-order valence-corrected chi connectivity index (χ4v) is 5.32. The van der Waals surface area contributed by atoms with Crippen molar-refractivity contribution in [2.45, 2.75) is 38.0 Å². The van der Waals surface area contributed by atoms with Crippen molar-refractivity contribution in [1.29, 1.82) is 0 Å². The zero-order valence-corrected chi connectivity index (χ0v) is 22.3. The maximum atomic E-state index is 12.4. The number of benzene rings is 2. The van der Waals surface area contributed by atoms with E-state index in [1.54, 1.807) is 13.3 Å². The minimum Gasteiger partial charge on any atom is -0.484 e. The number of rotatable bonds is 7. The number of ether oxygens (including phenoxy) is 2. The van der Waals surface area contributed by atoms with Gasteiger partial charge in [-0.3, -0.25) is 15.2 Å².